The molecule has 1 aromatic carbocycles. The third-order valence-corrected chi connectivity index (χ3v) is 29.9. The zero-order valence-electron chi connectivity index (χ0n) is 93.3. The Morgan fingerprint density at radius 1 is 0.483 bits per heavy atom. The number of carbonyl (C=O) groups is 10. The molecule has 6 aliphatic heterocycles. The first kappa shape index (κ1) is 128. The van der Waals surface area contributed by atoms with Crippen molar-refractivity contribution in [1.29, 1.82) is 0 Å². The lowest BCUT2D eigenvalue weighted by Crippen LogP contribution is -2.55. The van der Waals surface area contributed by atoms with Crippen LogP contribution in [0.1, 0.15) is 337 Å². The average Bonchev–Trinajstić information content (AvgIpc) is 1.54. The minimum absolute atomic E-state index is 0.0390. The Bertz CT molecular complexity index is 4070. The summed E-state index contributed by atoms with van der Waals surface area (Å²) in [5.74, 6) is 1.24. The number of nitrogens with one attached hydrogen (secondary N) is 6. The van der Waals surface area contributed by atoms with Gasteiger partial charge in [-0.3, -0.25) is 33.6 Å². The van der Waals surface area contributed by atoms with Crippen LogP contribution in [0.3, 0.4) is 0 Å². The first-order valence-corrected chi connectivity index (χ1v) is 54.7. The van der Waals surface area contributed by atoms with E-state index in [2.05, 4.69) is 166 Å². The van der Waals surface area contributed by atoms with Crippen molar-refractivity contribution in [3.05, 3.63) is 70.8 Å². The van der Waals surface area contributed by atoms with Crippen molar-refractivity contribution in [2.45, 2.75) is 438 Å². The summed E-state index contributed by atoms with van der Waals surface area (Å²) in [4.78, 5) is 118. The average molecular weight is 2050 g/mol. The Kier molecular flexibility index (Phi) is 58.0. The minimum atomic E-state index is -0.808. The summed E-state index contributed by atoms with van der Waals surface area (Å²) in [6.45, 7) is 47.6. The zero-order valence-corrected chi connectivity index (χ0v) is 93.3. The van der Waals surface area contributed by atoms with Crippen LogP contribution in [0.5, 0.6) is 0 Å². The summed E-state index contributed by atoms with van der Waals surface area (Å²) >= 11 is 0. The predicted molar refractivity (Wildman–Crippen MR) is 564 cm³/mol. The quantitative estimate of drug-likeness (QED) is 0.00750. The maximum Gasteiger partial charge on any atom is 0.407 e. The molecule has 9 aliphatic rings. The Balaban J connectivity index is 0.000000311. The Hall–Kier alpha value is -7.34. The third kappa shape index (κ3) is 43.9. The molecule has 0 radical (unpaired) electrons. The molecule has 9 unspecified atom stereocenters. The first-order valence-electron chi connectivity index (χ1n) is 54.7. The molecule has 5 amide bonds. The second-order valence-corrected chi connectivity index (χ2v) is 43.5. The fraction of sp³-hybridized carbons (Fsp3) is 0.805. The van der Waals surface area contributed by atoms with E-state index in [9.17, 15) is 47.9 Å². The number of ketones is 1. The van der Waals surface area contributed by atoms with Gasteiger partial charge in [-0.15, -0.1) is 0 Å². The van der Waals surface area contributed by atoms with Crippen LogP contribution >= 0.6 is 0 Å². The number of methoxy groups -OCH3 is 4. The normalized spacial score (nSPS) is 27.8. The molecule has 32 heteroatoms. The van der Waals surface area contributed by atoms with Crippen LogP contribution in [0.25, 0.3) is 0 Å². The van der Waals surface area contributed by atoms with Crippen molar-refractivity contribution < 1.29 is 114 Å². The molecule has 32 nitrogen and oxygen atoms in total. The van der Waals surface area contributed by atoms with Gasteiger partial charge in [-0.05, 0) is 213 Å². The van der Waals surface area contributed by atoms with Gasteiger partial charge in [-0.1, -0.05) is 192 Å². The zero-order chi connectivity index (χ0) is 108. The van der Waals surface area contributed by atoms with E-state index >= 15 is 0 Å². The highest BCUT2D eigenvalue weighted by atomic mass is 16.7. The van der Waals surface area contributed by atoms with Gasteiger partial charge in [0.2, 0.25) is 17.7 Å². The highest BCUT2D eigenvalue weighted by Gasteiger charge is 2.75. The van der Waals surface area contributed by atoms with Gasteiger partial charge in [0.05, 0.1) is 88.7 Å². The highest BCUT2D eigenvalue weighted by Crippen LogP contribution is 2.63. The maximum absolute atomic E-state index is 13.1. The molecular weight excluding hydrogens is 1850 g/mol. The van der Waals surface area contributed by atoms with Crippen LogP contribution in [0.4, 0.5) is 9.59 Å². The van der Waals surface area contributed by atoms with E-state index < -0.39 is 18.0 Å². The molecule has 9 fully saturated rings. The molecule has 3 spiro atoms. The number of nitrogens with two attached hydrogens (primary N) is 2. The lowest BCUT2D eigenvalue weighted by Gasteiger charge is -2.42. The standard InChI is InChI=1S/C26H42N4O4.C24H40O5.C20H32O5.C18H28O5.C14H30N2O2.C11H22N2O3/c1-4-5-6-10-14-28-24(32)13-15-27-22(18-20(2)3)26(34)30-23(25(33)29-16-17-31)19-21-11-8-7-9-12-21;1-8-17(16(4)5)13-20(25)28-18-11-12-24(14-27-24)22(21(18)26-7)23(6)19(29-23)10-9-15(2)3;1-6-7-16(21)24-14-10-11-20(12-23-20)18(17(14)22-5)19(4)15(25-19)9-8-13(2)3;1-11(2)6-7-14-17(4,23-14)16-15(20-5)13(22-12(3)19)8-9-18(16)10-21-18;1-4-13(12(2)3)11-18-14(17)16-10-8-6-5-7-9-15;1-16-11(15)13-8-6-4-2-3-5-7-10(14)9-12/h7-9,11-12,17,20,22-23,27H,4-6,10,13-16,18-19H2,1-3H3,(H,28,32)(H,29,33)(H,30,34);9,16-19,21-22H,8,10-14H2,1-7H3;8,14-15,17-18H,6-7,9-12H2,1-5H3;6,13-16H,7-10H2,1-5H3;12-13H,4-11,15H2,1-3H3,(H,16,17);2-9,12H2,1H3,(H,13,15)/t22-,23-;17-,18?,19-,21?,22?,23+,24+;14?,15-,17?,18?,19+,20+;13?,14-,15?,16?,17+,18+;13-;/m01110./s1. The van der Waals surface area contributed by atoms with Crippen molar-refractivity contribution in [2.24, 2.45) is 58.8 Å². The molecule has 0 aromatic heterocycles. The second kappa shape index (κ2) is 65.7. The van der Waals surface area contributed by atoms with E-state index in [1.807, 2.05) is 51.1 Å². The topological polar surface area (TPSA) is 444 Å². The van der Waals surface area contributed by atoms with Gasteiger partial charge >= 0.3 is 30.1 Å². The summed E-state index contributed by atoms with van der Waals surface area (Å²) in [5, 5.41) is 16.9. The van der Waals surface area contributed by atoms with Crippen molar-refractivity contribution in [3.8, 4) is 0 Å². The first-order chi connectivity index (χ1) is 69.0. The molecular formula is C113H194N8O24. The van der Waals surface area contributed by atoms with E-state index in [1.165, 1.54) is 37.2 Å². The fourth-order valence-electron chi connectivity index (χ4n) is 20.9. The summed E-state index contributed by atoms with van der Waals surface area (Å²) in [5.41, 5.74) is 14.0. The number of hydrogen-bond donors (Lipinski definition) is 8. The van der Waals surface area contributed by atoms with Crippen LogP contribution in [-0.2, 0) is 111 Å². The number of Topliss-reactive ketones (excluding diaryl/α,β-unsaturated/α-hetero) is 1. The summed E-state index contributed by atoms with van der Waals surface area (Å²) in [7, 11) is 6.46. The third-order valence-electron chi connectivity index (χ3n) is 29.9. The van der Waals surface area contributed by atoms with Gasteiger partial charge in [0.25, 0.3) is 0 Å². The van der Waals surface area contributed by atoms with Crippen molar-refractivity contribution in [3.63, 3.8) is 0 Å². The van der Waals surface area contributed by atoms with Gasteiger partial charge in [-0.25, -0.2) is 9.59 Å². The molecule has 145 heavy (non-hydrogen) atoms. The number of alkyl carbamates (subject to hydrolysis) is 2. The molecule has 3 saturated carbocycles. The largest absolute Gasteiger partial charge is 0.460 e. The lowest BCUT2D eigenvalue weighted by molar-refractivity contribution is -0.173. The van der Waals surface area contributed by atoms with Crippen LogP contribution in [0.2, 0.25) is 0 Å². The molecule has 10 rings (SSSR count). The van der Waals surface area contributed by atoms with E-state index in [0.29, 0.717) is 94.8 Å². The lowest BCUT2D eigenvalue weighted by atomic mass is 9.68. The summed E-state index contributed by atoms with van der Waals surface area (Å²) in [6, 6.07) is 8.05. The van der Waals surface area contributed by atoms with Gasteiger partial charge in [0.1, 0.15) is 88.3 Å². The second-order valence-electron chi connectivity index (χ2n) is 43.5. The number of ether oxygens (including phenoxy) is 14. The number of unbranched alkanes of at least 4 members (excludes halogenated alkanes) is 10. The Morgan fingerprint density at radius 2 is 0.917 bits per heavy atom. The molecule has 10 N–H and O–H groups in total. The van der Waals surface area contributed by atoms with Crippen molar-refractivity contribution in [1.82, 2.24) is 31.9 Å². The van der Waals surface area contributed by atoms with Crippen molar-refractivity contribution in [2.75, 3.05) is 101 Å². The Labute approximate surface area is 870 Å². The SMILES string of the molecule is CCCC(=O)OC1CC[C@]2(CO2)C([C@@]2(C)O[C@@H]2CC=C(C)C)C1OC.CCCCCCNC(=O)CCN[C@@H](CC(C)C)C(=O)N[C@@H](Cc1ccccc1)C(=O)NCC=O.CC[C@@H](COC(=O)NCCCCCCN)C(C)C.CC[C@H](CC(=O)OC1CC[C@]2(CO2)C([C@@]2(C)O[C@@H]2CC=C(C)C)C1OC)C(C)C.COC(=O)NCCCCCCCC(=O)CN.COC1C(OC(C)=O)CC[C@]2(CO2)C1[C@@]1(C)O[C@@H]1CC=C(C)C. The van der Waals surface area contributed by atoms with E-state index in [0.717, 1.165) is 186 Å². The number of amides is 5. The van der Waals surface area contributed by atoms with Crippen molar-refractivity contribution >= 4 is 59.9 Å². The minimum Gasteiger partial charge on any atom is -0.460 e. The summed E-state index contributed by atoms with van der Waals surface area (Å²) < 4.78 is 80.7. The molecule has 1 aromatic rings. The smallest absolute Gasteiger partial charge is 0.407 e. The number of aldehydes is 1. The monoisotopic (exact) mass is 2050 g/mol. The number of carbonyl (C=O) groups excluding carboxylic acids is 10. The molecule has 6 heterocycles. The van der Waals surface area contributed by atoms with Crippen LogP contribution < -0.4 is 43.4 Å². The molecule has 6 saturated heterocycles. The molecule has 3 aliphatic carbocycles. The van der Waals surface area contributed by atoms with Gasteiger partial charge in [-0.2, -0.15) is 0 Å². The molecule has 830 valence electrons. The van der Waals surface area contributed by atoms with Crippen LogP contribution in [0, 0.1) is 47.3 Å². The van der Waals surface area contributed by atoms with Gasteiger partial charge < -0.3 is 114 Å². The molecule has 22 atom stereocenters. The number of rotatable bonds is 58. The number of allylic oxidation sites excluding steroid dienone is 3. The Morgan fingerprint density at radius 3 is 1.32 bits per heavy atom. The van der Waals surface area contributed by atoms with Crippen LogP contribution in [-0.4, -0.2) is 261 Å². The number of hydrogen-bond acceptors (Lipinski definition) is 27. The highest BCUT2D eigenvalue weighted by molar-refractivity contribution is 5.91. The maximum atomic E-state index is 13.1. The summed E-state index contributed by atoms with van der Waals surface area (Å²) in [6.07, 6.45) is 32.9. The van der Waals surface area contributed by atoms with Gasteiger partial charge in [0.15, 0.2) is 0 Å². The van der Waals surface area contributed by atoms with Crippen LogP contribution in [0.15, 0.2) is 65.3 Å². The van der Waals surface area contributed by atoms with Gasteiger partial charge in [0, 0.05) is 86.5 Å². The number of benzene rings is 1. The van der Waals surface area contributed by atoms with E-state index in [-0.39, 0.29) is 179 Å². The number of epoxide rings is 6. The fourth-order valence-corrected chi connectivity index (χ4v) is 20.9. The number of esters is 3. The van der Waals surface area contributed by atoms with E-state index in [4.69, 9.17) is 73.0 Å². The molecule has 0 bridgehead atoms. The predicted octanol–water partition coefficient (Wildman–Crippen LogP) is 17.0. The van der Waals surface area contributed by atoms with E-state index in [1.54, 1.807) is 21.3 Å².